The fourth-order valence-electron chi connectivity index (χ4n) is 5.18. The Labute approximate surface area is 214 Å². The molecule has 0 unspecified atom stereocenters. The number of halogens is 1. The molecule has 2 aliphatic rings. The third kappa shape index (κ3) is 4.05. The van der Waals surface area contributed by atoms with Crippen LogP contribution in [0.4, 0.5) is 10.5 Å². The molecule has 35 heavy (non-hydrogen) atoms. The van der Waals surface area contributed by atoms with Gasteiger partial charge in [0.2, 0.25) is 0 Å². The number of carbonyl (C=O) groups excluding carboxylic acids is 1. The number of hydrogen-bond acceptors (Lipinski definition) is 3. The maximum absolute atomic E-state index is 13.9. The van der Waals surface area contributed by atoms with Crippen molar-refractivity contribution in [2.75, 3.05) is 18.9 Å². The highest BCUT2D eigenvalue weighted by atomic mass is 35.5. The SMILES string of the molecule is Cc1ccc(NC(=O)N2Cc3c(sc4c3CCN(C)C4)-n3cccc3[C@H]2c2ccc(Cl)cc2)cc1. The van der Waals surface area contributed by atoms with E-state index in [1.807, 2.05) is 71.7 Å². The fourth-order valence-corrected chi connectivity index (χ4v) is 6.75. The summed E-state index contributed by atoms with van der Waals surface area (Å²) in [6.07, 6.45) is 3.14. The largest absolute Gasteiger partial charge is 0.322 e. The summed E-state index contributed by atoms with van der Waals surface area (Å²) in [5.74, 6) is 0. The Morgan fingerprint density at radius 1 is 1.03 bits per heavy atom. The highest BCUT2D eigenvalue weighted by Crippen LogP contribution is 2.43. The minimum atomic E-state index is -0.241. The van der Waals surface area contributed by atoms with Gasteiger partial charge in [0.25, 0.3) is 0 Å². The number of benzene rings is 2. The molecule has 1 N–H and O–H groups in total. The van der Waals surface area contributed by atoms with Gasteiger partial charge >= 0.3 is 6.03 Å². The van der Waals surface area contributed by atoms with Gasteiger partial charge in [0.15, 0.2) is 0 Å². The van der Waals surface area contributed by atoms with E-state index in [0.29, 0.717) is 11.6 Å². The Balaban J connectivity index is 1.48. The van der Waals surface area contributed by atoms with Crippen LogP contribution in [0, 0.1) is 6.92 Å². The standard InChI is InChI=1S/C28H27ClN4OS/c1-18-5-11-21(12-6-18)30-28(34)33-16-23-22-13-15-31(2)17-25(22)35-27(23)32-14-3-4-24(32)26(33)19-7-9-20(29)10-8-19/h3-12,14,26H,13,15-17H2,1-2H3,(H,30,34)/t26-/m1/s1. The van der Waals surface area contributed by atoms with E-state index in [0.717, 1.165) is 42.0 Å². The molecule has 6 rings (SSSR count). The van der Waals surface area contributed by atoms with Crippen molar-refractivity contribution in [1.29, 1.82) is 0 Å². The number of rotatable bonds is 2. The van der Waals surface area contributed by atoms with Gasteiger partial charge in [-0.25, -0.2) is 4.79 Å². The Morgan fingerprint density at radius 3 is 2.57 bits per heavy atom. The molecule has 0 bridgehead atoms. The van der Waals surface area contributed by atoms with E-state index in [-0.39, 0.29) is 12.1 Å². The first-order valence-electron chi connectivity index (χ1n) is 11.9. The van der Waals surface area contributed by atoms with E-state index in [1.165, 1.54) is 21.0 Å². The zero-order valence-corrected chi connectivity index (χ0v) is 21.4. The first-order chi connectivity index (χ1) is 17.0. The minimum absolute atomic E-state index is 0.109. The van der Waals surface area contributed by atoms with Crippen LogP contribution in [-0.4, -0.2) is 34.0 Å². The number of anilines is 1. The lowest BCUT2D eigenvalue weighted by molar-refractivity contribution is 0.194. The number of carbonyl (C=O) groups is 1. The molecule has 5 nitrogen and oxygen atoms in total. The van der Waals surface area contributed by atoms with Crippen molar-refractivity contribution >= 4 is 34.7 Å². The molecular weight excluding hydrogens is 476 g/mol. The summed E-state index contributed by atoms with van der Waals surface area (Å²) in [5, 5.41) is 5.07. The van der Waals surface area contributed by atoms with Crippen molar-refractivity contribution in [3.05, 3.63) is 105 Å². The molecule has 4 heterocycles. The number of nitrogens with one attached hydrogen (secondary N) is 1. The van der Waals surface area contributed by atoms with Gasteiger partial charge in [-0.3, -0.25) is 0 Å². The zero-order valence-electron chi connectivity index (χ0n) is 19.8. The second kappa shape index (κ2) is 8.86. The molecule has 7 heteroatoms. The molecular formula is C28H27ClN4OS. The molecule has 0 fully saturated rings. The van der Waals surface area contributed by atoms with Crippen molar-refractivity contribution in [2.45, 2.75) is 32.5 Å². The van der Waals surface area contributed by atoms with Gasteiger partial charge in [0, 0.05) is 40.4 Å². The Morgan fingerprint density at radius 2 is 1.80 bits per heavy atom. The lowest BCUT2D eigenvalue weighted by Crippen LogP contribution is -2.38. The number of thiophene rings is 1. The number of aryl methyl sites for hydroxylation is 1. The second-order valence-corrected chi connectivity index (χ2v) is 11.0. The van der Waals surface area contributed by atoms with Crippen LogP contribution in [0.2, 0.25) is 5.02 Å². The highest BCUT2D eigenvalue weighted by Gasteiger charge is 2.36. The molecule has 0 aliphatic carbocycles. The quantitative estimate of drug-likeness (QED) is 0.334. The number of urea groups is 1. The molecule has 0 spiro atoms. The van der Waals surface area contributed by atoms with Crippen molar-refractivity contribution in [3.8, 4) is 5.00 Å². The third-order valence-electron chi connectivity index (χ3n) is 7.00. The van der Waals surface area contributed by atoms with Crippen LogP contribution in [0.15, 0.2) is 66.9 Å². The van der Waals surface area contributed by atoms with E-state index in [2.05, 4.69) is 40.2 Å². The molecule has 4 aromatic rings. The summed E-state index contributed by atoms with van der Waals surface area (Å²) in [5.41, 5.74) is 6.76. The van der Waals surface area contributed by atoms with Gasteiger partial charge in [-0.1, -0.05) is 41.4 Å². The molecule has 0 radical (unpaired) electrons. The van der Waals surface area contributed by atoms with Crippen LogP contribution in [0.5, 0.6) is 0 Å². The van der Waals surface area contributed by atoms with Crippen molar-refractivity contribution in [2.24, 2.45) is 0 Å². The molecule has 2 aromatic carbocycles. The van der Waals surface area contributed by atoms with Gasteiger partial charge in [0.1, 0.15) is 5.00 Å². The highest BCUT2D eigenvalue weighted by molar-refractivity contribution is 7.15. The summed E-state index contributed by atoms with van der Waals surface area (Å²) in [7, 11) is 2.17. The second-order valence-electron chi connectivity index (χ2n) is 9.46. The smallest absolute Gasteiger partial charge is 0.310 e. The van der Waals surface area contributed by atoms with E-state index in [1.54, 1.807) is 0 Å². The van der Waals surface area contributed by atoms with Crippen LogP contribution in [0.25, 0.3) is 5.00 Å². The number of amides is 2. The fraction of sp³-hybridized carbons (Fsp3) is 0.250. The van der Waals surface area contributed by atoms with Crippen LogP contribution >= 0.6 is 22.9 Å². The van der Waals surface area contributed by atoms with E-state index in [4.69, 9.17) is 11.6 Å². The van der Waals surface area contributed by atoms with Gasteiger partial charge in [-0.2, -0.15) is 0 Å². The van der Waals surface area contributed by atoms with Crippen molar-refractivity contribution < 1.29 is 4.79 Å². The third-order valence-corrected chi connectivity index (χ3v) is 8.52. The molecule has 178 valence electrons. The van der Waals surface area contributed by atoms with Crippen LogP contribution in [-0.2, 0) is 19.5 Å². The van der Waals surface area contributed by atoms with E-state index < -0.39 is 0 Å². The predicted molar refractivity (Wildman–Crippen MR) is 143 cm³/mol. The first kappa shape index (κ1) is 22.4. The van der Waals surface area contributed by atoms with Crippen molar-refractivity contribution in [1.82, 2.24) is 14.4 Å². The molecule has 2 amide bonds. The Kier molecular flexibility index (Phi) is 5.67. The Hall–Kier alpha value is -3.06. The number of nitrogens with zero attached hydrogens (tertiary/aromatic N) is 3. The normalized spacial score (nSPS) is 17.3. The molecule has 0 saturated carbocycles. The summed E-state index contributed by atoms with van der Waals surface area (Å²) < 4.78 is 2.29. The summed E-state index contributed by atoms with van der Waals surface area (Å²) in [6.45, 7) is 4.59. The lowest BCUT2D eigenvalue weighted by atomic mass is 10.0. The first-order valence-corrected chi connectivity index (χ1v) is 13.1. The molecule has 2 aromatic heterocycles. The van der Waals surface area contributed by atoms with Crippen LogP contribution in [0.3, 0.4) is 0 Å². The zero-order chi connectivity index (χ0) is 24.1. The van der Waals surface area contributed by atoms with Gasteiger partial charge in [-0.05, 0) is 67.9 Å². The predicted octanol–water partition coefficient (Wildman–Crippen LogP) is 6.63. The average molecular weight is 503 g/mol. The van der Waals surface area contributed by atoms with Crippen molar-refractivity contribution in [3.63, 3.8) is 0 Å². The maximum atomic E-state index is 13.9. The molecule has 1 atom stereocenters. The van der Waals surface area contributed by atoms with Gasteiger partial charge < -0.3 is 19.7 Å². The van der Waals surface area contributed by atoms with E-state index >= 15 is 0 Å². The maximum Gasteiger partial charge on any atom is 0.322 e. The molecule has 2 aliphatic heterocycles. The van der Waals surface area contributed by atoms with Crippen LogP contribution < -0.4 is 5.32 Å². The van der Waals surface area contributed by atoms with Gasteiger partial charge in [0.05, 0.1) is 18.3 Å². The van der Waals surface area contributed by atoms with Crippen LogP contribution in [0.1, 0.15) is 38.9 Å². The minimum Gasteiger partial charge on any atom is -0.310 e. The topological polar surface area (TPSA) is 40.5 Å². The monoisotopic (exact) mass is 502 g/mol. The lowest BCUT2D eigenvalue weighted by Gasteiger charge is -2.32. The van der Waals surface area contributed by atoms with E-state index in [9.17, 15) is 4.79 Å². The Bertz CT molecular complexity index is 1390. The summed E-state index contributed by atoms with van der Waals surface area (Å²) in [4.78, 5) is 19.7. The molecule has 0 saturated heterocycles. The number of aromatic nitrogens is 1. The average Bonchev–Trinajstić information content (AvgIpc) is 3.43. The van der Waals surface area contributed by atoms with Gasteiger partial charge in [-0.15, -0.1) is 11.3 Å². The summed E-state index contributed by atoms with van der Waals surface area (Å²) >= 11 is 8.09. The summed E-state index contributed by atoms with van der Waals surface area (Å²) in [6, 6.07) is 19.7. The number of likely N-dealkylation sites (N-methyl/N-ethyl adjacent to an activating group) is 1. The number of fused-ring (bicyclic) bond motifs is 5. The number of hydrogen-bond donors (Lipinski definition) is 1.